The van der Waals surface area contributed by atoms with E-state index in [1.807, 2.05) is 30.3 Å². The van der Waals surface area contributed by atoms with Crippen LogP contribution in [0.15, 0.2) is 92.6 Å². The van der Waals surface area contributed by atoms with Gasteiger partial charge in [-0.25, -0.2) is 9.79 Å². The molecule has 220 valence electrons. The summed E-state index contributed by atoms with van der Waals surface area (Å²) in [5, 5.41) is 9.76. The third kappa shape index (κ3) is 4.65. The molecule has 0 fully saturated rings. The van der Waals surface area contributed by atoms with Crippen LogP contribution in [0.2, 0.25) is 5.02 Å². The largest absolute Gasteiger partial charge is 0.493 e. The van der Waals surface area contributed by atoms with Crippen molar-refractivity contribution in [3.63, 3.8) is 0 Å². The summed E-state index contributed by atoms with van der Waals surface area (Å²) in [6.45, 7) is 0. The number of furan rings is 1. The highest BCUT2D eigenvalue weighted by Gasteiger charge is 2.33. The fraction of sp³-hybridized carbons (Fsp3) is 0.147. The zero-order valence-corrected chi connectivity index (χ0v) is 25.2. The van der Waals surface area contributed by atoms with E-state index in [0.29, 0.717) is 42.9 Å². The summed E-state index contributed by atoms with van der Waals surface area (Å²) in [6, 6.07) is 21.5. The molecule has 0 bridgehead atoms. The summed E-state index contributed by atoms with van der Waals surface area (Å²) in [5.74, 6) is 0.946. The Morgan fingerprint density at radius 2 is 1.84 bits per heavy atom. The molecule has 3 heterocycles. The van der Waals surface area contributed by atoms with Gasteiger partial charge in [0, 0.05) is 17.2 Å². The van der Waals surface area contributed by atoms with Crippen LogP contribution in [0.5, 0.6) is 11.5 Å². The fourth-order valence-electron chi connectivity index (χ4n) is 5.90. The third-order valence-corrected chi connectivity index (χ3v) is 9.29. The number of hydrogen-bond acceptors (Lipinski definition) is 7. The number of nitrogens with zero attached hydrogens (tertiary/aromatic N) is 2. The van der Waals surface area contributed by atoms with E-state index in [0.717, 1.165) is 35.2 Å². The molecule has 0 amide bonds. The molecule has 2 aliphatic rings. The van der Waals surface area contributed by atoms with Crippen molar-refractivity contribution < 1.29 is 23.8 Å². The van der Waals surface area contributed by atoms with Gasteiger partial charge >= 0.3 is 5.97 Å². The van der Waals surface area contributed by atoms with Crippen LogP contribution >= 0.6 is 22.9 Å². The van der Waals surface area contributed by atoms with Gasteiger partial charge in [-0.2, -0.15) is 0 Å². The number of allylic oxidation sites excluding steroid dienone is 1. The molecular weight excluding hydrogens is 600 g/mol. The second-order valence-corrected chi connectivity index (χ2v) is 11.8. The second-order valence-electron chi connectivity index (χ2n) is 10.4. The first-order chi connectivity index (χ1) is 21.4. The SMILES string of the molecule is COc1ccc([C@@H]2C3=C(N=c4s/c(=C/c5ccc(-c6cc(C(=O)O)ccc6Cl)o5)c(=O)n42)c2ccccc2CC3)cc1OC. The molecule has 8 nitrogen and oxygen atoms in total. The molecule has 5 aromatic rings. The van der Waals surface area contributed by atoms with E-state index in [1.54, 1.807) is 37.0 Å². The van der Waals surface area contributed by atoms with Crippen molar-refractivity contribution in [2.75, 3.05) is 14.2 Å². The number of benzene rings is 3. The average molecular weight is 625 g/mol. The molecule has 10 heteroatoms. The maximum Gasteiger partial charge on any atom is 0.335 e. The van der Waals surface area contributed by atoms with Crippen LogP contribution in [-0.4, -0.2) is 29.9 Å². The van der Waals surface area contributed by atoms with Gasteiger partial charge in [-0.05, 0) is 72.0 Å². The van der Waals surface area contributed by atoms with Crippen LogP contribution < -0.4 is 24.4 Å². The van der Waals surface area contributed by atoms with E-state index in [1.165, 1.54) is 35.1 Å². The standard InChI is InChI=1S/C34H25ClN2O6S/c1-41-27-13-9-19(16-28(27)42-2)31-23-11-7-18-5-3-4-6-22(18)30(23)36-34-37(31)32(38)29(44-34)17-21-10-14-26(43-21)24-15-20(33(39)40)8-12-25(24)35/h3-6,8-10,12-17,31H,7,11H2,1-2H3,(H,39,40)/b29-17+/t31-/m1/s1. The van der Waals surface area contributed by atoms with Crippen LogP contribution in [0.25, 0.3) is 23.1 Å². The lowest BCUT2D eigenvalue weighted by Crippen LogP contribution is -2.38. The minimum absolute atomic E-state index is 0.0939. The van der Waals surface area contributed by atoms with Gasteiger partial charge in [-0.15, -0.1) is 0 Å². The number of carboxylic acid groups (broad SMARTS) is 1. The zero-order chi connectivity index (χ0) is 30.5. The van der Waals surface area contributed by atoms with Crippen LogP contribution in [0.1, 0.15) is 45.3 Å². The molecule has 7 rings (SSSR count). The molecule has 3 aromatic carbocycles. The number of rotatable bonds is 6. The number of thiazole rings is 1. The topological polar surface area (TPSA) is 103 Å². The first-order valence-corrected chi connectivity index (χ1v) is 15.0. The summed E-state index contributed by atoms with van der Waals surface area (Å²) in [7, 11) is 3.19. The number of carbonyl (C=O) groups is 1. The minimum Gasteiger partial charge on any atom is -0.493 e. The monoisotopic (exact) mass is 624 g/mol. The Kier molecular flexibility index (Phi) is 6.99. The van der Waals surface area contributed by atoms with Crippen molar-refractivity contribution in [1.29, 1.82) is 0 Å². The van der Waals surface area contributed by atoms with Gasteiger partial charge in [0.05, 0.1) is 41.1 Å². The smallest absolute Gasteiger partial charge is 0.335 e. The first-order valence-electron chi connectivity index (χ1n) is 13.8. The normalized spacial score (nSPS) is 15.7. The van der Waals surface area contributed by atoms with Crippen LogP contribution in [0.4, 0.5) is 0 Å². The zero-order valence-electron chi connectivity index (χ0n) is 23.7. The maximum absolute atomic E-state index is 14.1. The van der Waals surface area contributed by atoms with Crippen molar-refractivity contribution in [3.8, 4) is 22.8 Å². The van der Waals surface area contributed by atoms with Crippen molar-refractivity contribution in [3.05, 3.63) is 131 Å². The Balaban J connectivity index is 1.39. The quantitative estimate of drug-likeness (QED) is 0.251. The number of aromatic carboxylic acids is 1. The predicted octanol–water partition coefficient (Wildman–Crippen LogP) is 5.95. The summed E-state index contributed by atoms with van der Waals surface area (Å²) < 4.78 is 19.3. The third-order valence-electron chi connectivity index (χ3n) is 7.98. The number of methoxy groups -OCH3 is 2. The lowest BCUT2D eigenvalue weighted by atomic mass is 9.83. The Morgan fingerprint density at radius 1 is 1.02 bits per heavy atom. The highest BCUT2D eigenvalue weighted by atomic mass is 35.5. The summed E-state index contributed by atoms with van der Waals surface area (Å²) in [5.41, 5.74) is 5.52. The molecular formula is C34H25ClN2O6S. The van der Waals surface area contributed by atoms with Crippen LogP contribution in [-0.2, 0) is 6.42 Å². The highest BCUT2D eigenvalue weighted by Crippen LogP contribution is 2.43. The second kappa shape index (κ2) is 11.0. The lowest BCUT2D eigenvalue weighted by molar-refractivity contribution is 0.0697. The van der Waals surface area contributed by atoms with Crippen LogP contribution in [0.3, 0.4) is 0 Å². The number of ether oxygens (including phenoxy) is 2. The molecule has 0 saturated heterocycles. The van der Waals surface area contributed by atoms with Gasteiger partial charge in [0.25, 0.3) is 5.56 Å². The van der Waals surface area contributed by atoms with E-state index in [9.17, 15) is 14.7 Å². The van der Waals surface area contributed by atoms with Crippen LogP contribution in [0, 0.1) is 0 Å². The van der Waals surface area contributed by atoms with Gasteiger partial charge in [-0.1, -0.05) is 53.3 Å². The highest BCUT2D eigenvalue weighted by molar-refractivity contribution is 7.07. The molecule has 0 radical (unpaired) electrons. The minimum atomic E-state index is -1.06. The Hall–Kier alpha value is -4.86. The Morgan fingerprint density at radius 3 is 2.64 bits per heavy atom. The molecule has 1 aliphatic heterocycles. The number of carboxylic acids is 1. The van der Waals surface area contributed by atoms with E-state index in [-0.39, 0.29) is 17.2 Å². The number of aromatic nitrogens is 1. The van der Waals surface area contributed by atoms with E-state index in [2.05, 4.69) is 12.1 Å². The molecule has 1 atom stereocenters. The van der Waals surface area contributed by atoms with Gasteiger partial charge in [-0.3, -0.25) is 9.36 Å². The molecule has 0 saturated carbocycles. The van der Waals surface area contributed by atoms with E-state index >= 15 is 0 Å². The number of aryl methyl sites for hydroxylation is 1. The van der Waals surface area contributed by atoms with Crippen molar-refractivity contribution in [1.82, 2.24) is 4.57 Å². The average Bonchev–Trinajstić information content (AvgIpc) is 3.63. The summed E-state index contributed by atoms with van der Waals surface area (Å²) >= 11 is 7.65. The molecule has 0 spiro atoms. The molecule has 1 aliphatic carbocycles. The summed E-state index contributed by atoms with van der Waals surface area (Å²) in [4.78, 5) is 31.3. The van der Waals surface area contributed by atoms with Gasteiger partial charge in [0.2, 0.25) is 0 Å². The number of hydrogen-bond donors (Lipinski definition) is 1. The molecule has 2 aromatic heterocycles. The fourth-order valence-corrected chi connectivity index (χ4v) is 7.09. The van der Waals surface area contributed by atoms with Gasteiger partial charge in [0.15, 0.2) is 16.3 Å². The lowest BCUT2D eigenvalue weighted by Gasteiger charge is -2.31. The summed E-state index contributed by atoms with van der Waals surface area (Å²) in [6.07, 6.45) is 3.29. The molecule has 0 unspecified atom stereocenters. The maximum atomic E-state index is 14.1. The van der Waals surface area contributed by atoms with Crippen molar-refractivity contribution in [2.24, 2.45) is 4.99 Å². The predicted molar refractivity (Wildman–Crippen MR) is 168 cm³/mol. The Labute approximate surface area is 260 Å². The van der Waals surface area contributed by atoms with Crippen molar-refractivity contribution >= 4 is 40.7 Å². The van der Waals surface area contributed by atoms with Gasteiger partial charge < -0.3 is 19.0 Å². The molecule has 44 heavy (non-hydrogen) atoms. The first kappa shape index (κ1) is 27.9. The van der Waals surface area contributed by atoms with E-state index in [4.69, 9.17) is 30.5 Å². The number of halogens is 1. The molecule has 1 N–H and O–H groups in total. The van der Waals surface area contributed by atoms with E-state index < -0.39 is 5.97 Å². The van der Waals surface area contributed by atoms with Gasteiger partial charge in [0.1, 0.15) is 11.5 Å². The number of fused-ring (bicyclic) bond motifs is 3. The Bertz CT molecular complexity index is 2190. The van der Waals surface area contributed by atoms with Crippen molar-refractivity contribution in [2.45, 2.75) is 18.9 Å².